The van der Waals surface area contributed by atoms with E-state index >= 15 is 0 Å². The summed E-state index contributed by atoms with van der Waals surface area (Å²) in [5, 5.41) is 0. The molecule has 0 amide bonds. The molecular formula is C14H27NO. The Kier molecular flexibility index (Phi) is 9.31. The molecule has 94 valence electrons. The Morgan fingerprint density at radius 3 is 2.56 bits per heavy atom. The third kappa shape index (κ3) is 6.84. The minimum Gasteiger partial charge on any atom is -0.379 e. The fourth-order valence-electron chi connectivity index (χ4n) is 1.84. The first kappa shape index (κ1) is 15.4. The van der Waals surface area contributed by atoms with E-state index in [1.807, 2.05) is 0 Å². The van der Waals surface area contributed by atoms with Crippen molar-refractivity contribution in [3.05, 3.63) is 17.9 Å². The molecule has 2 nitrogen and oxygen atoms in total. The fraction of sp³-hybridized carbons (Fsp3) is 0.786. The molecule has 0 fully saturated rings. The number of rotatable bonds is 9. The van der Waals surface area contributed by atoms with Gasteiger partial charge in [0.1, 0.15) is 0 Å². The Labute approximate surface area is 101 Å². The van der Waals surface area contributed by atoms with Crippen LogP contribution in [-0.4, -0.2) is 19.8 Å². The average molecular weight is 225 g/mol. The Morgan fingerprint density at radius 1 is 1.44 bits per heavy atom. The second-order valence-corrected chi connectivity index (χ2v) is 4.65. The van der Waals surface area contributed by atoms with Crippen molar-refractivity contribution in [3.63, 3.8) is 0 Å². The van der Waals surface area contributed by atoms with E-state index in [0.29, 0.717) is 25.0 Å². The van der Waals surface area contributed by atoms with E-state index in [2.05, 4.69) is 33.1 Å². The van der Waals surface area contributed by atoms with Gasteiger partial charge in [-0.2, -0.15) is 0 Å². The van der Waals surface area contributed by atoms with Crippen molar-refractivity contribution in [2.75, 3.05) is 19.8 Å². The largest absolute Gasteiger partial charge is 0.379 e. The van der Waals surface area contributed by atoms with Crippen LogP contribution in [0.1, 0.15) is 40.0 Å². The van der Waals surface area contributed by atoms with E-state index < -0.39 is 0 Å². The lowest BCUT2D eigenvalue weighted by Crippen LogP contribution is -2.17. The van der Waals surface area contributed by atoms with Crippen LogP contribution >= 0.6 is 0 Å². The predicted molar refractivity (Wildman–Crippen MR) is 70.4 cm³/mol. The summed E-state index contributed by atoms with van der Waals surface area (Å²) in [5.41, 5.74) is 9.83. The SMILES string of the molecule is C=C=C(CC(C)C)C(CCC)COCCN. The van der Waals surface area contributed by atoms with E-state index in [-0.39, 0.29) is 0 Å². The quantitative estimate of drug-likeness (QED) is 0.483. The van der Waals surface area contributed by atoms with E-state index in [1.165, 1.54) is 12.0 Å². The number of nitrogens with two attached hydrogens (primary N) is 1. The average Bonchev–Trinajstić information content (AvgIpc) is 2.25. The third-order valence-corrected chi connectivity index (χ3v) is 2.57. The Balaban J connectivity index is 4.29. The molecule has 1 unspecified atom stereocenters. The highest BCUT2D eigenvalue weighted by Gasteiger charge is 2.14. The molecule has 0 aliphatic carbocycles. The zero-order valence-corrected chi connectivity index (χ0v) is 11.1. The highest BCUT2D eigenvalue weighted by molar-refractivity contribution is 5.05. The first-order valence-electron chi connectivity index (χ1n) is 6.32. The van der Waals surface area contributed by atoms with Crippen LogP contribution in [0, 0.1) is 11.8 Å². The predicted octanol–water partition coefficient (Wildman–Crippen LogP) is 3.14. The Morgan fingerprint density at radius 2 is 2.12 bits per heavy atom. The first-order valence-corrected chi connectivity index (χ1v) is 6.32. The molecule has 0 aliphatic rings. The summed E-state index contributed by atoms with van der Waals surface area (Å²) in [6.07, 6.45) is 3.38. The van der Waals surface area contributed by atoms with Gasteiger partial charge >= 0.3 is 0 Å². The van der Waals surface area contributed by atoms with Gasteiger partial charge in [-0.1, -0.05) is 33.8 Å². The van der Waals surface area contributed by atoms with Gasteiger partial charge < -0.3 is 10.5 Å². The molecule has 0 radical (unpaired) electrons. The Hall–Kier alpha value is -0.560. The van der Waals surface area contributed by atoms with Crippen molar-refractivity contribution in [2.45, 2.75) is 40.0 Å². The molecule has 0 aromatic rings. The fourth-order valence-corrected chi connectivity index (χ4v) is 1.84. The van der Waals surface area contributed by atoms with Crippen LogP contribution in [-0.2, 0) is 4.74 Å². The van der Waals surface area contributed by atoms with E-state index in [0.717, 1.165) is 19.4 Å². The standard InChI is InChI=1S/C14H27NO/c1-5-7-14(11-16-9-8-15)13(6-2)10-12(3)4/h12,14H,2,5,7-11,15H2,1,3-4H3. The number of ether oxygens (including phenoxy) is 1. The van der Waals surface area contributed by atoms with Gasteiger partial charge in [-0.25, -0.2) is 0 Å². The topological polar surface area (TPSA) is 35.2 Å². The molecule has 1 atom stereocenters. The van der Waals surface area contributed by atoms with Crippen LogP contribution in [0.15, 0.2) is 17.9 Å². The highest BCUT2D eigenvalue weighted by Crippen LogP contribution is 2.23. The number of hydrogen-bond acceptors (Lipinski definition) is 2. The third-order valence-electron chi connectivity index (χ3n) is 2.57. The van der Waals surface area contributed by atoms with Gasteiger partial charge in [0.15, 0.2) is 0 Å². The van der Waals surface area contributed by atoms with Gasteiger partial charge in [0, 0.05) is 12.5 Å². The summed E-state index contributed by atoms with van der Waals surface area (Å²) in [4.78, 5) is 0. The van der Waals surface area contributed by atoms with E-state index in [9.17, 15) is 0 Å². The summed E-state index contributed by atoms with van der Waals surface area (Å²) < 4.78 is 5.55. The molecular weight excluding hydrogens is 198 g/mol. The minimum absolute atomic E-state index is 0.469. The summed E-state index contributed by atoms with van der Waals surface area (Å²) in [7, 11) is 0. The molecule has 0 saturated heterocycles. The smallest absolute Gasteiger partial charge is 0.0589 e. The van der Waals surface area contributed by atoms with Gasteiger partial charge in [-0.15, -0.1) is 5.73 Å². The molecule has 0 heterocycles. The van der Waals surface area contributed by atoms with Crippen LogP contribution in [0.4, 0.5) is 0 Å². The lowest BCUT2D eigenvalue weighted by Gasteiger charge is -2.19. The monoisotopic (exact) mass is 225 g/mol. The zero-order valence-electron chi connectivity index (χ0n) is 11.1. The number of hydrogen-bond donors (Lipinski definition) is 1. The van der Waals surface area contributed by atoms with Crippen molar-refractivity contribution >= 4 is 0 Å². The van der Waals surface area contributed by atoms with Crippen molar-refractivity contribution in [1.82, 2.24) is 0 Å². The van der Waals surface area contributed by atoms with Crippen molar-refractivity contribution in [3.8, 4) is 0 Å². The second-order valence-electron chi connectivity index (χ2n) is 4.65. The van der Waals surface area contributed by atoms with E-state index in [4.69, 9.17) is 10.5 Å². The molecule has 2 N–H and O–H groups in total. The molecule has 0 aromatic heterocycles. The van der Waals surface area contributed by atoms with Crippen LogP contribution in [0.25, 0.3) is 0 Å². The molecule has 0 rings (SSSR count). The molecule has 0 aromatic carbocycles. The van der Waals surface area contributed by atoms with Gasteiger partial charge in [-0.3, -0.25) is 0 Å². The van der Waals surface area contributed by atoms with Gasteiger partial charge in [0.05, 0.1) is 13.2 Å². The lowest BCUT2D eigenvalue weighted by molar-refractivity contribution is 0.111. The summed E-state index contributed by atoms with van der Waals surface area (Å²) >= 11 is 0. The van der Waals surface area contributed by atoms with E-state index in [1.54, 1.807) is 0 Å². The van der Waals surface area contributed by atoms with Crippen molar-refractivity contribution in [1.29, 1.82) is 0 Å². The molecule has 0 spiro atoms. The first-order chi connectivity index (χ1) is 7.65. The maximum absolute atomic E-state index is 5.55. The van der Waals surface area contributed by atoms with Crippen molar-refractivity contribution in [2.24, 2.45) is 17.6 Å². The maximum Gasteiger partial charge on any atom is 0.0589 e. The lowest BCUT2D eigenvalue weighted by atomic mass is 9.89. The second kappa shape index (κ2) is 9.65. The maximum atomic E-state index is 5.55. The van der Waals surface area contributed by atoms with Crippen LogP contribution in [0.3, 0.4) is 0 Å². The summed E-state index contributed by atoms with van der Waals surface area (Å²) in [6, 6.07) is 0. The van der Waals surface area contributed by atoms with Crippen LogP contribution in [0.2, 0.25) is 0 Å². The van der Waals surface area contributed by atoms with Crippen molar-refractivity contribution < 1.29 is 4.74 Å². The summed E-state index contributed by atoms with van der Waals surface area (Å²) in [6.45, 7) is 12.4. The minimum atomic E-state index is 0.469. The van der Waals surface area contributed by atoms with Crippen LogP contribution < -0.4 is 5.73 Å². The molecule has 2 heteroatoms. The van der Waals surface area contributed by atoms with Crippen LogP contribution in [0.5, 0.6) is 0 Å². The molecule has 16 heavy (non-hydrogen) atoms. The Bertz CT molecular complexity index is 217. The van der Waals surface area contributed by atoms with Gasteiger partial charge in [0.25, 0.3) is 0 Å². The molecule has 0 bridgehead atoms. The molecule has 0 saturated carbocycles. The normalized spacial score (nSPS) is 12.6. The molecule has 0 aliphatic heterocycles. The van der Waals surface area contributed by atoms with Gasteiger partial charge in [0.2, 0.25) is 0 Å². The summed E-state index contributed by atoms with van der Waals surface area (Å²) in [5.74, 6) is 1.12. The highest BCUT2D eigenvalue weighted by atomic mass is 16.5. The van der Waals surface area contributed by atoms with Gasteiger partial charge in [-0.05, 0) is 24.3 Å². The zero-order chi connectivity index (χ0) is 12.4.